The Morgan fingerprint density at radius 3 is 2.40 bits per heavy atom. The monoisotopic (exact) mass is 606 g/mol. The summed E-state index contributed by atoms with van der Waals surface area (Å²) >= 11 is 0. The van der Waals surface area contributed by atoms with Crippen molar-refractivity contribution in [1.82, 2.24) is 23.8 Å². The molecule has 228 valence electrons. The molecule has 2 aromatic carbocycles. The fourth-order valence-corrected chi connectivity index (χ4v) is 7.32. The highest BCUT2D eigenvalue weighted by atomic mass is 32.2. The normalized spacial score (nSPS) is 19.8. The van der Waals surface area contributed by atoms with Gasteiger partial charge in [-0.1, -0.05) is 12.1 Å². The van der Waals surface area contributed by atoms with Crippen LogP contribution in [0.15, 0.2) is 59.8 Å². The maximum Gasteiger partial charge on any atom is 0.243 e. The summed E-state index contributed by atoms with van der Waals surface area (Å²) < 4.78 is 36.0. The highest BCUT2D eigenvalue weighted by molar-refractivity contribution is 7.89. The number of aromatic nitrogens is 4. The minimum Gasteiger partial charge on any atom is -0.495 e. The summed E-state index contributed by atoms with van der Waals surface area (Å²) in [7, 11) is -2.01. The zero-order chi connectivity index (χ0) is 30.0. The van der Waals surface area contributed by atoms with E-state index in [0.29, 0.717) is 55.4 Å². The number of benzene rings is 2. The van der Waals surface area contributed by atoms with Gasteiger partial charge in [-0.15, -0.1) is 0 Å². The topological polar surface area (TPSA) is 138 Å². The smallest absolute Gasteiger partial charge is 0.243 e. The van der Waals surface area contributed by atoms with Crippen molar-refractivity contribution in [3.05, 3.63) is 54.9 Å². The van der Waals surface area contributed by atoms with Crippen molar-refractivity contribution in [2.24, 2.45) is 0 Å². The zero-order valence-corrected chi connectivity index (χ0v) is 25.3. The number of hydrogen-bond donors (Lipinski definition) is 3. The second-order valence-corrected chi connectivity index (χ2v) is 12.9. The fourth-order valence-electron chi connectivity index (χ4n) is 5.90. The summed E-state index contributed by atoms with van der Waals surface area (Å²) in [6.45, 7) is 4.65. The number of nitrogens with one attached hydrogen (secondary N) is 2. The number of sulfonamides is 1. The molecule has 43 heavy (non-hydrogen) atoms. The van der Waals surface area contributed by atoms with Crippen molar-refractivity contribution in [2.45, 2.75) is 56.2 Å². The molecule has 0 unspecified atom stereocenters. The van der Waals surface area contributed by atoms with Crippen LogP contribution < -0.4 is 20.3 Å². The van der Waals surface area contributed by atoms with Crippen LogP contribution in [0.3, 0.4) is 0 Å². The van der Waals surface area contributed by atoms with Gasteiger partial charge < -0.3 is 25.4 Å². The number of para-hydroxylation sites is 2. The summed E-state index contributed by atoms with van der Waals surface area (Å²) in [6, 6.07) is 14.8. The largest absolute Gasteiger partial charge is 0.495 e. The molecule has 1 aliphatic heterocycles. The standard InChI is InChI=1S/C30H38N8O4S/c1-3-38-29-27(35-30(38)34-22-8-12-23(39)13-9-22)28(31-20-32-29)33-21-10-14-24(15-11-21)43(40,41)37-18-16-36(17-19-37)25-6-4-5-7-26(25)42-2/h4-7,10-11,14-15,20,22-23,39H,3,8-9,12-13,16-19H2,1-2H3,(H,34,35)(H,31,32,33). The molecule has 2 fully saturated rings. The Hall–Kier alpha value is -3.94. The number of anilines is 4. The molecule has 3 N–H and O–H groups in total. The van der Waals surface area contributed by atoms with E-state index in [2.05, 4.69) is 25.5 Å². The third-order valence-corrected chi connectivity index (χ3v) is 10.2. The molecule has 0 amide bonds. The number of ether oxygens (including phenoxy) is 1. The molecular formula is C30H38N8O4S. The summed E-state index contributed by atoms with van der Waals surface area (Å²) in [4.78, 5) is 16.2. The molecule has 1 aliphatic carbocycles. The van der Waals surface area contributed by atoms with E-state index in [0.717, 1.165) is 43.1 Å². The molecule has 0 spiro atoms. The predicted molar refractivity (Wildman–Crippen MR) is 167 cm³/mol. The van der Waals surface area contributed by atoms with Gasteiger partial charge in [0.25, 0.3) is 0 Å². The van der Waals surface area contributed by atoms with Gasteiger partial charge in [0, 0.05) is 44.5 Å². The van der Waals surface area contributed by atoms with E-state index in [9.17, 15) is 13.5 Å². The molecule has 0 bridgehead atoms. The van der Waals surface area contributed by atoms with Crippen molar-refractivity contribution < 1.29 is 18.3 Å². The van der Waals surface area contributed by atoms with Gasteiger partial charge in [-0.25, -0.2) is 23.4 Å². The van der Waals surface area contributed by atoms with Gasteiger partial charge in [-0.05, 0) is 69.0 Å². The lowest BCUT2D eigenvalue weighted by atomic mass is 9.93. The summed E-state index contributed by atoms with van der Waals surface area (Å²) in [5, 5.41) is 16.7. The number of methoxy groups -OCH3 is 1. The van der Waals surface area contributed by atoms with Gasteiger partial charge >= 0.3 is 0 Å². The Morgan fingerprint density at radius 2 is 1.70 bits per heavy atom. The van der Waals surface area contributed by atoms with Crippen LogP contribution in [0.25, 0.3) is 11.2 Å². The van der Waals surface area contributed by atoms with E-state index >= 15 is 0 Å². The van der Waals surface area contributed by atoms with Crippen molar-refractivity contribution >= 4 is 44.3 Å². The first kappa shape index (κ1) is 29.1. The molecule has 1 saturated heterocycles. The third-order valence-electron chi connectivity index (χ3n) is 8.30. The Balaban J connectivity index is 1.15. The van der Waals surface area contributed by atoms with E-state index in [1.54, 1.807) is 31.4 Å². The Labute approximate surface area is 251 Å². The van der Waals surface area contributed by atoms with E-state index in [1.165, 1.54) is 10.6 Å². The maximum atomic E-state index is 13.5. The molecular weight excluding hydrogens is 568 g/mol. The summed E-state index contributed by atoms with van der Waals surface area (Å²) in [5.74, 6) is 2.05. The highest BCUT2D eigenvalue weighted by Crippen LogP contribution is 2.31. The average molecular weight is 607 g/mol. The van der Waals surface area contributed by atoms with Crippen LogP contribution in [0, 0.1) is 0 Å². The van der Waals surface area contributed by atoms with Gasteiger partial charge in [-0.2, -0.15) is 4.31 Å². The molecule has 6 rings (SSSR count). The molecule has 3 heterocycles. The van der Waals surface area contributed by atoms with Crippen LogP contribution in [0.2, 0.25) is 0 Å². The maximum absolute atomic E-state index is 13.5. The van der Waals surface area contributed by atoms with Crippen LogP contribution in [-0.2, 0) is 16.6 Å². The fraction of sp³-hybridized carbons (Fsp3) is 0.433. The molecule has 0 atom stereocenters. The first-order valence-electron chi connectivity index (χ1n) is 14.8. The zero-order valence-electron chi connectivity index (χ0n) is 24.5. The van der Waals surface area contributed by atoms with Crippen LogP contribution in [0.5, 0.6) is 5.75 Å². The summed E-state index contributed by atoms with van der Waals surface area (Å²) in [5.41, 5.74) is 3.01. The van der Waals surface area contributed by atoms with Crippen molar-refractivity contribution in [1.29, 1.82) is 0 Å². The number of hydrogen-bond acceptors (Lipinski definition) is 10. The molecule has 13 heteroatoms. The van der Waals surface area contributed by atoms with Crippen molar-refractivity contribution in [3.63, 3.8) is 0 Å². The van der Waals surface area contributed by atoms with E-state index in [4.69, 9.17) is 9.72 Å². The number of piperazine rings is 1. The second-order valence-electron chi connectivity index (χ2n) is 10.9. The van der Waals surface area contributed by atoms with E-state index in [1.807, 2.05) is 35.8 Å². The molecule has 1 saturated carbocycles. The van der Waals surface area contributed by atoms with E-state index < -0.39 is 10.0 Å². The number of aliphatic hydroxyl groups excluding tert-OH is 1. The van der Waals surface area contributed by atoms with Crippen LogP contribution >= 0.6 is 0 Å². The predicted octanol–water partition coefficient (Wildman–Crippen LogP) is 3.82. The van der Waals surface area contributed by atoms with Crippen LogP contribution in [-0.4, -0.2) is 82.8 Å². The minimum absolute atomic E-state index is 0.222. The average Bonchev–Trinajstić information content (AvgIpc) is 3.40. The van der Waals surface area contributed by atoms with Crippen molar-refractivity contribution in [2.75, 3.05) is 48.8 Å². The Morgan fingerprint density at radius 1 is 0.977 bits per heavy atom. The number of nitrogens with zero attached hydrogens (tertiary/aromatic N) is 6. The van der Waals surface area contributed by atoms with Crippen LogP contribution in [0.1, 0.15) is 32.6 Å². The number of fused-ring (bicyclic) bond motifs is 1. The van der Waals surface area contributed by atoms with Crippen molar-refractivity contribution in [3.8, 4) is 5.75 Å². The SMILES string of the molecule is CCn1c(NC2CCC(O)CC2)nc2c(Nc3ccc(S(=O)(=O)N4CCN(c5ccccc5OC)CC4)cc3)ncnc21. The van der Waals surface area contributed by atoms with E-state index in [-0.39, 0.29) is 17.0 Å². The quantitative estimate of drug-likeness (QED) is 0.258. The minimum atomic E-state index is -3.65. The summed E-state index contributed by atoms with van der Waals surface area (Å²) in [6.07, 6.45) is 4.61. The first-order valence-corrected chi connectivity index (χ1v) is 16.2. The Bertz CT molecular complexity index is 1660. The van der Waals surface area contributed by atoms with Crippen LogP contribution in [0.4, 0.5) is 23.1 Å². The number of rotatable bonds is 9. The van der Waals surface area contributed by atoms with Gasteiger partial charge in [0.2, 0.25) is 16.0 Å². The second kappa shape index (κ2) is 12.3. The number of imidazole rings is 1. The lowest BCUT2D eigenvalue weighted by Crippen LogP contribution is -2.48. The lowest BCUT2D eigenvalue weighted by Gasteiger charge is -2.35. The Kier molecular flexibility index (Phi) is 8.37. The molecule has 12 nitrogen and oxygen atoms in total. The first-order chi connectivity index (χ1) is 20.9. The van der Waals surface area contributed by atoms with Gasteiger partial charge in [-0.3, -0.25) is 4.57 Å². The number of aryl methyl sites for hydroxylation is 1. The molecule has 0 radical (unpaired) electrons. The number of aliphatic hydroxyl groups is 1. The lowest BCUT2D eigenvalue weighted by molar-refractivity contribution is 0.126. The van der Waals surface area contributed by atoms with Gasteiger partial charge in [0.1, 0.15) is 12.1 Å². The third kappa shape index (κ3) is 5.97. The molecule has 4 aromatic rings. The highest BCUT2D eigenvalue weighted by Gasteiger charge is 2.29. The molecule has 2 aromatic heterocycles. The molecule has 2 aliphatic rings. The van der Waals surface area contributed by atoms with Gasteiger partial charge in [0.15, 0.2) is 17.0 Å². The van der Waals surface area contributed by atoms with Gasteiger partial charge in [0.05, 0.1) is 23.8 Å².